The molecule has 0 amide bonds. The summed E-state index contributed by atoms with van der Waals surface area (Å²) in [5.74, 6) is 0. The Labute approximate surface area is 178 Å². The Kier molecular flexibility index (Phi) is 4.85. The second kappa shape index (κ2) is 7.80. The first-order valence-electron chi connectivity index (χ1n) is 10.9. The molecule has 0 aliphatic rings. The maximum atomic E-state index is 2.41. The fourth-order valence-electron chi connectivity index (χ4n) is 4.79. The van der Waals surface area contributed by atoms with Crippen molar-refractivity contribution in [2.45, 2.75) is 26.7 Å². The molecule has 5 aromatic rings. The zero-order chi connectivity index (χ0) is 20.5. The molecule has 0 saturated carbocycles. The fourth-order valence-corrected chi connectivity index (χ4v) is 4.79. The summed E-state index contributed by atoms with van der Waals surface area (Å²) in [6.45, 7) is 4.56. The highest BCUT2D eigenvalue weighted by molar-refractivity contribution is 6.08. The van der Waals surface area contributed by atoms with Crippen LogP contribution in [0.2, 0.25) is 0 Å². The third-order valence-electron chi connectivity index (χ3n) is 6.22. The van der Waals surface area contributed by atoms with Crippen LogP contribution in [0.1, 0.15) is 25.0 Å². The smallest absolute Gasteiger partial charge is 0.00642 e. The Balaban J connectivity index is 1.92. The van der Waals surface area contributed by atoms with Crippen molar-refractivity contribution < 1.29 is 0 Å². The van der Waals surface area contributed by atoms with Crippen molar-refractivity contribution in [3.05, 3.63) is 108 Å². The van der Waals surface area contributed by atoms with Crippen LogP contribution in [0.3, 0.4) is 0 Å². The lowest BCUT2D eigenvalue weighted by molar-refractivity contribution is 1.05. The quantitative estimate of drug-likeness (QED) is 0.272. The molecule has 0 nitrogen and oxygen atoms in total. The van der Waals surface area contributed by atoms with Crippen LogP contribution >= 0.6 is 0 Å². The van der Waals surface area contributed by atoms with E-state index in [1.54, 1.807) is 0 Å². The van der Waals surface area contributed by atoms with E-state index in [1.165, 1.54) is 54.9 Å². The maximum Gasteiger partial charge on any atom is -0.00642 e. The average Bonchev–Trinajstić information content (AvgIpc) is 2.82. The molecule has 0 heteroatoms. The van der Waals surface area contributed by atoms with E-state index in [4.69, 9.17) is 0 Å². The predicted molar refractivity (Wildman–Crippen MR) is 131 cm³/mol. The number of benzene rings is 5. The number of aryl methyl sites for hydroxylation is 1. The first kappa shape index (κ1) is 18.6. The van der Waals surface area contributed by atoms with Gasteiger partial charge in [0.1, 0.15) is 0 Å². The summed E-state index contributed by atoms with van der Waals surface area (Å²) in [6, 6.07) is 35.5. The minimum Gasteiger partial charge on any atom is -0.0622 e. The largest absolute Gasteiger partial charge is 0.0622 e. The van der Waals surface area contributed by atoms with Gasteiger partial charge in [0.2, 0.25) is 0 Å². The van der Waals surface area contributed by atoms with Crippen LogP contribution in [0, 0.1) is 0 Å². The Morgan fingerprint density at radius 2 is 1.17 bits per heavy atom. The molecule has 0 aliphatic carbocycles. The topological polar surface area (TPSA) is 0 Å². The molecule has 0 N–H and O–H groups in total. The zero-order valence-corrected chi connectivity index (χ0v) is 17.7. The maximum absolute atomic E-state index is 2.41. The molecule has 0 bridgehead atoms. The standard InChI is InChI=1S/C30H26/c1-3-21-18-25-19-23-14-8-9-15-24(23)20-29(25)30(26(21)4-2)28-17-11-10-16-27(28)22-12-6-5-7-13-22/h5-20H,3-4H2,1-2H3. The van der Waals surface area contributed by atoms with Crippen LogP contribution in [0.4, 0.5) is 0 Å². The van der Waals surface area contributed by atoms with Gasteiger partial charge in [-0.15, -0.1) is 0 Å². The van der Waals surface area contributed by atoms with Crippen LogP contribution in [-0.4, -0.2) is 0 Å². The lowest BCUT2D eigenvalue weighted by Gasteiger charge is -2.20. The monoisotopic (exact) mass is 386 g/mol. The van der Waals surface area contributed by atoms with E-state index in [0.717, 1.165) is 12.8 Å². The molecular formula is C30H26. The normalized spacial score (nSPS) is 11.3. The molecule has 0 saturated heterocycles. The van der Waals surface area contributed by atoms with E-state index in [2.05, 4.69) is 111 Å². The molecule has 0 unspecified atom stereocenters. The molecule has 0 atom stereocenters. The summed E-state index contributed by atoms with van der Waals surface area (Å²) in [4.78, 5) is 0. The van der Waals surface area contributed by atoms with Crippen molar-refractivity contribution in [3.8, 4) is 22.3 Å². The molecule has 5 rings (SSSR count). The summed E-state index contributed by atoms with van der Waals surface area (Å²) >= 11 is 0. The van der Waals surface area contributed by atoms with Crippen LogP contribution in [-0.2, 0) is 12.8 Å². The Bertz CT molecular complexity index is 1340. The van der Waals surface area contributed by atoms with E-state index >= 15 is 0 Å². The van der Waals surface area contributed by atoms with Gasteiger partial charge in [0.25, 0.3) is 0 Å². The number of hydrogen-bond donors (Lipinski definition) is 0. The molecule has 5 aromatic carbocycles. The highest BCUT2D eigenvalue weighted by Crippen LogP contribution is 2.41. The molecule has 0 aromatic heterocycles. The second-order valence-electron chi connectivity index (χ2n) is 7.93. The Morgan fingerprint density at radius 3 is 1.87 bits per heavy atom. The average molecular weight is 387 g/mol. The van der Waals surface area contributed by atoms with Crippen LogP contribution in [0.5, 0.6) is 0 Å². The van der Waals surface area contributed by atoms with Crippen molar-refractivity contribution in [1.82, 2.24) is 0 Å². The molecule has 146 valence electrons. The molecule has 0 heterocycles. The van der Waals surface area contributed by atoms with E-state index < -0.39 is 0 Å². The minimum absolute atomic E-state index is 1.03. The summed E-state index contributed by atoms with van der Waals surface area (Å²) in [7, 11) is 0. The summed E-state index contributed by atoms with van der Waals surface area (Å²) < 4.78 is 0. The minimum atomic E-state index is 1.03. The van der Waals surface area contributed by atoms with Gasteiger partial charge in [-0.3, -0.25) is 0 Å². The van der Waals surface area contributed by atoms with Gasteiger partial charge in [-0.2, -0.15) is 0 Å². The lowest BCUT2D eigenvalue weighted by Crippen LogP contribution is -1.98. The van der Waals surface area contributed by atoms with Gasteiger partial charge in [-0.05, 0) is 79.9 Å². The molecule has 0 fully saturated rings. The van der Waals surface area contributed by atoms with E-state index in [1.807, 2.05) is 0 Å². The molecule has 0 aliphatic heterocycles. The third-order valence-corrected chi connectivity index (χ3v) is 6.22. The highest BCUT2D eigenvalue weighted by atomic mass is 14.2. The number of hydrogen-bond acceptors (Lipinski definition) is 0. The molecule has 0 radical (unpaired) electrons. The molecule has 0 spiro atoms. The predicted octanol–water partition coefficient (Wildman–Crippen LogP) is 8.45. The third kappa shape index (κ3) is 3.09. The lowest BCUT2D eigenvalue weighted by atomic mass is 9.84. The number of rotatable bonds is 4. The first-order chi connectivity index (χ1) is 14.8. The first-order valence-corrected chi connectivity index (χ1v) is 10.9. The van der Waals surface area contributed by atoms with E-state index in [0.29, 0.717) is 0 Å². The Morgan fingerprint density at radius 1 is 0.533 bits per heavy atom. The van der Waals surface area contributed by atoms with Gasteiger partial charge in [-0.25, -0.2) is 0 Å². The van der Waals surface area contributed by atoms with Gasteiger partial charge < -0.3 is 0 Å². The highest BCUT2D eigenvalue weighted by Gasteiger charge is 2.17. The number of fused-ring (bicyclic) bond motifs is 2. The van der Waals surface area contributed by atoms with Crippen LogP contribution in [0.15, 0.2) is 97.1 Å². The van der Waals surface area contributed by atoms with E-state index in [-0.39, 0.29) is 0 Å². The summed E-state index contributed by atoms with van der Waals surface area (Å²) in [5, 5.41) is 5.29. The van der Waals surface area contributed by atoms with Crippen LogP contribution in [0.25, 0.3) is 43.8 Å². The second-order valence-corrected chi connectivity index (χ2v) is 7.93. The van der Waals surface area contributed by atoms with Gasteiger partial charge in [0, 0.05) is 0 Å². The van der Waals surface area contributed by atoms with Crippen LogP contribution < -0.4 is 0 Å². The van der Waals surface area contributed by atoms with Crippen molar-refractivity contribution in [2.24, 2.45) is 0 Å². The van der Waals surface area contributed by atoms with Crippen molar-refractivity contribution in [2.75, 3.05) is 0 Å². The van der Waals surface area contributed by atoms with Gasteiger partial charge in [0.15, 0.2) is 0 Å². The van der Waals surface area contributed by atoms with Gasteiger partial charge in [0.05, 0.1) is 0 Å². The fraction of sp³-hybridized carbons (Fsp3) is 0.133. The SMILES string of the molecule is CCc1cc2cc3ccccc3cc2c(-c2ccccc2-c2ccccc2)c1CC. The summed E-state index contributed by atoms with van der Waals surface area (Å²) in [6.07, 6.45) is 2.08. The Hall–Kier alpha value is -3.38. The van der Waals surface area contributed by atoms with Gasteiger partial charge >= 0.3 is 0 Å². The van der Waals surface area contributed by atoms with Gasteiger partial charge in [-0.1, -0.05) is 98.8 Å². The van der Waals surface area contributed by atoms with Crippen molar-refractivity contribution >= 4 is 21.5 Å². The summed E-state index contributed by atoms with van der Waals surface area (Å²) in [5.41, 5.74) is 8.23. The van der Waals surface area contributed by atoms with E-state index in [9.17, 15) is 0 Å². The van der Waals surface area contributed by atoms with Crippen molar-refractivity contribution in [3.63, 3.8) is 0 Å². The zero-order valence-electron chi connectivity index (χ0n) is 17.7. The molecular weight excluding hydrogens is 360 g/mol. The molecule has 30 heavy (non-hydrogen) atoms. The van der Waals surface area contributed by atoms with Crippen molar-refractivity contribution in [1.29, 1.82) is 0 Å².